The number of halogens is 1. The first kappa shape index (κ1) is 12.7. The highest BCUT2D eigenvalue weighted by atomic mass is 79.9. The third-order valence-corrected chi connectivity index (χ3v) is 2.90. The number of benzene rings is 1. The van der Waals surface area contributed by atoms with Crippen LogP contribution < -0.4 is 4.74 Å². The molecule has 0 spiro atoms. The van der Waals surface area contributed by atoms with Gasteiger partial charge in [0.05, 0.1) is 12.1 Å². The summed E-state index contributed by atoms with van der Waals surface area (Å²) in [6.45, 7) is 1.10. The molecule has 4 nitrogen and oxygen atoms in total. The van der Waals surface area contributed by atoms with E-state index in [0.29, 0.717) is 13.2 Å². The lowest BCUT2D eigenvalue weighted by molar-refractivity contribution is 0.0697. The van der Waals surface area contributed by atoms with Gasteiger partial charge in [-0.05, 0) is 24.3 Å². The fourth-order valence-electron chi connectivity index (χ4n) is 1.53. The van der Waals surface area contributed by atoms with Crippen LogP contribution in [0.1, 0.15) is 10.4 Å². The maximum Gasteiger partial charge on any atom is 0.337 e. The van der Waals surface area contributed by atoms with E-state index in [9.17, 15) is 4.79 Å². The van der Waals surface area contributed by atoms with E-state index >= 15 is 0 Å². The number of aromatic nitrogens is 1. The number of carboxylic acid groups (broad SMARTS) is 1. The first-order valence-electron chi connectivity index (χ1n) is 5.42. The Bertz CT molecular complexity index is 551. The second kappa shape index (κ2) is 5.73. The van der Waals surface area contributed by atoms with E-state index in [2.05, 4.69) is 15.9 Å². The van der Waals surface area contributed by atoms with Gasteiger partial charge < -0.3 is 14.4 Å². The molecule has 18 heavy (non-hydrogen) atoms. The van der Waals surface area contributed by atoms with Crippen LogP contribution in [0, 0.1) is 0 Å². The van der Waals surface area contributed by atoms with Gasteiger partial charge in [-0.3, -0.25) is 0 Å². The molecule has 1 heterocycles. The van der Waals surface area contributed by atoms with Crippen molar-refractivity contribution in [3.8, 4) is 5.75 Å². The summed E-state index contributed by atoms with van der Waals surface area (Å²) in [6, 6.07) is 9.17. The minimum absolute atomic E-state index is 0.289. The van der Waals surface area contributed by atoms with Crippen molar-refractivity contribution in [2.45, 2.75) is 6.54 Å². The molecule has 94 valence electrons. The van der Waals surface area contributed by atoms with Crippen molar-refractivity contribution in [1.82, 2.24) is 4.57 Å². The molecular weight excluding hydrogens is 298 g/mol. The van der Waals surface area contributed by atoms with Crippen molar-refractivity contribution >= 4 is 21.9 Å². The van der Waals surface area contributed by atoms with E-state index in [0.717, 1.165) is 10.2 Å². The first-order valence-corrected chi connectivity index (χ1v) is 6.22. The second-order valence-corrected chi connectivity index (χ2v) is 4.66. The van der Waals surface area contributed by atoms with Gasteiger partial charge in [0.15, 0.2) is 0 Å². The summed E-state index contributed by atoms with van der Waals surface area (Å²) >= 11 is 3.37. The van der Waals surface area contributed by atoms with Gasteiger partial charge in [-0.25, -0.2) is 4.79 Å². The Morgan fingerprint density at radius 1 is 1.39 bits per heavy atom. The Labute approximate surface area is 113 Å². The quantitative estimate of drug-likeness (QED) is 0.923. The zero-order chi connectivity index (χ0) is 13.0. The second-order valence-electron chi connectivity index (χ2n) is 3.75. The molecule has 2 rings (SSSR count). The standard InChI is InChI=1S/C13H12BrNO3/c14-11-2-1-3-12(8-11)18-7-6-15-5-4-10(9-15)13(16)17/h1-5,8-9H,6-7H2,(H,16,17). The molecule has 1 aromatic heterocycles. The molecule has 0 saturated heterocycles. The Balaban J connectivity index is 1.86. The minimum Gasteiger partial charge on any atom is -0.492 e. The van der Waals surface area contributed by atoms with Crippen LogP contribution in [0.15, 0.2) is 47.2 Å². The average molecular weight is 310 g/mol. The number of hydrogen-bond acceptors (Lipinski definition) is 2. The van der Waals surface area contributed by atoms with E-state index in [4.69, 9.17) is 9.84 Å². The third-order valence-electron chi connectivity index (χ3n) is 2.41. The summed E-state index contributed by atoms with van der Waals surface area (Å²) in [7, 11) is 0. The number of carboxylic acids is 1. The number of carbonyl (C=O) groups is 1. The van der Waals surface area contributed by atoms with Crippen LogP contribution in [0.3, 0.4) is 0 Å². The Hall–Kier alpha value is -1.75. The molecule has 0 atom stereocenters. The van der Waals surface area contributed by atoms with Crippen molar-refractivity contribution in [2.24, 2.45) is 0 Å². The molecule has 0 amide bonds. The smallest absolute Gasteiger partial charge is 0.337 e. The normalized spacial score (nSPS) is 10.3. The van der Waals surface area contributed by atoms with Gasteiger partial charge in [-0.2, -0.15) is 0 Å². The number of aromatic carboxylic acids is 1. The van der Waals surface area contributed by atoms with Gasteiger partial charge in [-0.1, -0.05) is 22.0 Å². The summed E-state index contributed by atoms with van der Waals surface area (Å²) < 4.78 is 8.32. The lowest BCUT2D eigenvalue weighted by Crippen LogP contribution is -2.06. The number of nitrogens with zero attached hydrogens (tertiary/aromatic N) is 1. The molecule has 1 N–H and O–H groups in total. The molecule has 0 aliphatic heterocycles. The molecule has 0 radical (unpaired) electrons. The van der Waals surface area contributed by atoms with Gasteiger partial charge in [0, 0.05) is 16.9 Å². The molecular formula is C13H12BrNO3. The predicted octanol–water partition coefficient (Wildman–Crippen LogP) is 3.03. The van der Waals surface area contributed by atoms with E-state index in [1.807, 2.05) is 24.3 Å². The van der Waals surface area contributed by atoms with Crippen molar-refractivity contribution in [2.75, 3.05) is 6.61 Å². The van der Waals surface area contributed by atoms with E-state index in [1.54, 1.807) is 23.0 Å². The van der Waals surface area contributed by atoms with Crippen molar-refractivity contribution in [3.63, 3.8) is 0 Å². The van der Waals surface area contributed by atoms with Gasteiger partial charge in [0.25, 0.3) is 0 Å². The molecule has 0 aliphatic carbocycles. The van der Waals surface area contributed by atoms with Crippen LogP contribution in [0.5, 0.6) is 5.75 Å². The fourth-order valence-corrected chi connectivity index (χ4v) is 1.91. The summed E-state index contributed by atoms with van der Waals surface area (Å²) in [5.41, 5.74) is 0.289. The highest BCUT2D eigenvalue weighted by molar-refractivity contribution is 9.10. The number of ether oxygens (including phenoxy) is 1. The molecule has 1 aromatic carbocycles. The fraction of sp³-hybridized carbons (Fsp3) is 0.154. The SMILES string of the molecule is O=C(O)c1ccn(CCOc2cccc(Br)c2)c1. The van der Waals surface area contributed by atoms with Crippen LogP contribution in [0.25, 0.3) is 0 Å². The maximum atomic E-state index is 10.7. The van der Waals surface area contributed by atoms with Gasteiger partial charge in [-0.15, -0.1) is 0 Å². The summed E-state index contributed by atoms with van der Waals surface area (Å²) in [5.74, 6) is -0.128. The topological polar surface area (TPSA) is 51.5 Å². The molecule has 0 saturated carbocycles. The Kier molecular flexibility index (Phi) is 4.04. The van der Waals surface area contributed by atoms with Crippen LogP contribution in [0.4, 0.5) is 0 Å². The van der Waals surface area contributed by atoms with Gasteiger partial charge in [0.1, 0.15) is 12.4 Å². The highest BCUT2D eigenvalue weighted by Gasteiger charge is 2.04. The molecule has 0 aliphatic rings. The molecule has 0 fully saturated rings. The third kappa shape index (κ3) is 3.37. The molecule has 2 aromatic rings. The van der Waals surface area contributed by atoms with Crippen LogP contribution in [-0.4, -0.2) is 22.2 Å². The largest absolute Gasteiger partial charge is 0.492 e. The van der Waals surface area contributed by atoms with Crippen LogP contribution in [-0.2, 0) is 6.54 Å². The van der Waals surface area contributed by atoms with E-state index < -0.39 is 5.97 Å². The molecule has 0 bridgehead atoms. The highest BCUT2D eigenvalue weighted by Crippen LogP contribution is 2.17. The number of rotatable bonds is 5. The zero-order valence-electron chi connectivity index (χ0n) is 9.54. The van der Waals surface area contributed by atoms with Crippen molar-refractivity contribution in [3.05, 3.63) is 52.8 Å². The van der Waals surface area contributed by atoms with E-state index in [1.165, 1.54) is 0 Å². The van der Waals surface area contributed by atoms with Crippen molar-refractivity contribution in [1.29, 1.82) is 0 Å². The van der Waals surface area contributed by atoms with Gasteiger partial charge >= 0.3 is 5.97 Å². The predicted molar refractivity (Wildman–Crippen MR) is 71.0 cm³/mol. The van der Waals surface area contributed by atoms with Crippen LogP contribution in [0.2, 0.25) is 0 Å². The Morgan fingerprint density at radius 2 is 2.22 bits per heavy atom. The number of hydrogen-bond donors (Lipinski definition) is 1. The monoisotopic (exact) mass is 309 g/mol. The summed E-state index contributed by atoms with van der Waals surface area (Å²) in [4.78, 5) is 10.7. The van der Waals surface area contributed by atoms with Gasteiger partial charge in [0.2, 0.25) is 0 Å². The molecule has 5 heteroatoms. The molecule has 0 unspecified atom stereocenters. The zero-order valence-corrected chi connectivity index (χ0v) is 11.1. The average Bonchev–Trinajstić information content (AvgIpc) is 2.78. The van der Waals surface area contributed by atoms with Crippen LogP contribution >= 0.6 is 15.9 Å². The lowest BCUT2D eigenvalue weighted by atomic mass is 10.3. The summed E-state index contributed by atoms with van der Waals surface area (Å²) in [6.07, 6.45) is 3.32. The maximum absolute atomic E-state index is 10.7. The lowest BCUT2D eigenvalue weighted by Gasteiger charge is -2.07. The van der Waals surface area contributed by atoms with Crippen molar-refractivity contribution < 1.29 is 14.6 Å². The summed E-state index contributed by atoms with van der Waals surface area (Å²) in [5, 5.41) is 8.78. The first-order chi connectivity index (χ1) is 8.65. The Morgan fingerprint density at radius 3 is 2.89 bits per heavy atom. The van der Waals surface area contributed by atoms with E-state index in [-0.39, 0.29) is 5.56 Å². The minimum atomic E-state index is -0.915.